The van der Waals surface area contributed by atoms with Crippen LogP contribution in [0.15, 0.2) is 53.4 Å². The van der Waals surface area contributed by atoms with Gasteiger partial charge in [-0.2, -0.15) is 13.1 Å². The second-order valence-electron chi connectivity index (χ2n) is 6.67. The summed E-state index contributed by atoms with van der Waals surface area (Å²) in [5.41, 5.74) is 0.681. The van der Waals surface area contributed by atoms with Gasteiger partial charge in [-0.3, -0.25) is 4.79 Å². The molecule has 0 bridgehead atoms. The summed E-state index contributed by atoms with van der Waals surface area (Å²) >= 11 is 0. The third-order valence-corrected chi connectivity index (χ3v) is 6.59. The number of carbonyl (C=O) groups excluding carboxylic acids is 1. The molecule has 2 aromatic rings. The van der Waals surface area contributed by atoms with Crippen LogP contribution in [0.3, 0.4) is 0 Å². The molecule has 1 heterocycles. The fourth-order valence-electron chi connectivity index (χ4n) is 3.16. The average molecular weight is 424 g/mol. The number of amides is 1. The van der Waals surface area contributed by atoms with Crippen molar-refractivity contribution in [2.75, 3.05) is 13.1 Å². The molecule has 1 amide bonds. The van der Waals surface area contributed by atoms with E-state index in [4.69, 9.17) is 0 Å². The second-order valence-corrected chi connectivity index (χ2v) is 8.60. The topological polar surface area (TPSA) is 75.7 Å². The Morgan fingerprint density at radius 3 is 2.34 bits per heavy atom. The van der Waals surface area contributed by atoms with Gasteiger partial charge < -0.3 is 10.1 Å². The molecule has 1 aliphatic heterocycles. The number of carbonyl (C=O) groups is 1. The lowest BCUT2D eigenvalue weighted by molar-refractivity contribution is -0.0501. The van der Waals surface area contributed by atoms with Crippen LogP contribution in [-0.4, -0.2) is 38.3 Å². The largest absolute Gasteiger partial charge is 0.434 e. The maximum atomic E-state index is 12.7. The van der Waals surface area contributed by atoms with E-state index in [1.807, 2.05) is 0 Å². The number of ether oxygens (including phenoxy) is 1. The molecule has 29 heavy (non-hydrogen) atoms. The van der Waals surface area contributed by atoms with Crippen LogP contribution in [0.2, 0.25) is 0 Å². The van der Waals surface area contributed by atoms with Crippen LogP contribution >= 0.6 is 0 Å². The summed E-state index contributed by atoms with van der Waals surface area (Å²) in [5, 5.41) is 2.63. The van der Waals surface area contributed by atoms with E-state index in [0.717, 1.165) is 19.3 Å². The highest BCUT2D eigenvalue weighted by atomic mass is 32.2. The molecular formula is C20H22F2N2O4S. The molecule has 0 saturated carbocycles. The van der Waals surface area contributed by atoms with Crippen LogP contribution < -0.4 is 10.1 Å². The van der Waals surface area contributed by atoms with Crippen molar-refractivity contribution in [1.29, 1.82) is 0 Å². The first-order valence-corrected chi connectivity index (χ1v) is 10.7. The summed E-state index contributed by atoms with van der Waals surface area (Å²) in [6.45, 7) is -1.86. The Morgan fingerprint density at radius 1 is 1.03 bits per heavy atom. The Kier molecular flexibility index (Phi) is 6.81. The maximum absolute atomic E-state index is 12.7. The smallest absolute Gasteiger partial charge is 0.387 e. The zero-order valence-electron chi connectivity index (χ0n) is 15.7. The maximum Gasteiger partial charge on any atom is 0.387 e. The Morgan fingerprint density at radius 2 is 1.69 bits per heavy atom. The number of piperidine rings is 1. The number of rotatable bonds is 7. The molecule has 0 spiro atoms. The molecule has 1 fully saturated rings. The molecule has 1 N–H and O–H groups in total. The number of nitrogens with zero attached hydrogens (tertiary/aromatic N) is 1. The van der Waals surface area contributed by atoms with Crippen LogP contribution in [0.25, 0.3) is 0 Å². The van der Waals surface area contributed by atoms with E-state index in [9.17, 15) is 22.0 Å². The summed E-state index contributed by atoms with van der Waals surface area (Å²) in [6, 6.07) is 12.0. The lowest BCUT2D eigenvalue weighted by Gasteiger charge is -2.25. The van der Waals surface area contributed by atoms with E-state index < -0.39 is 22.5 Å². The highest BCUT2D eigenvalue weighted by Crippen LogP contribution is 2.22. The zero-order valence-corrected chi connectivity index (χ0v) is 16.5. The minimum Gasteiger partial charge on any atom is -0.434 e. The molecule has 0 unspecified atom stereocenters. The third-order valence-electron chi connectivity index (χ3n) is 4.68. The lowest BCUT2D eigenvalue weighted by atomic mass is 10.1. The number of benzene rings is 2. The molecule has 2 aromatic carbocycles. The number of alkyl halides is 2. The minimum atomic E-state index is -3.51. The standard InChI is InChI=1S/C20H22F2N2O4S/c21-20(22)28-18-7-3-2-6-17(18)19(25)23-14-15-8-10-16(11-9-15)29(26,27)24-12-4-1-5-13-24/h2-3,6-11,20H,1,4-5,12-14H2,(H,23,25). The molecule has 3 rings (SSSR count). The van der Waals surface area contributed by atoms with Crippen LogP contribution in [0, 0.1) is 0 Å². The Bertz CT molecular complexity index is 943. The van der Waals surface area contributed by atoms with Crippen molar-refractivity contribution in [1.82, 2.24) is 9.62 Å². The quantitative estimate of drug-likeness (QED) is 0.739. The molecule has 1 aliphatic rings. The molecule has 0 aliphatic carbocycles. The van der Waals surface area contributed by atoms with Crippen molar-refractivity contribution >= 4 is 15.9 Å². The van der Waals surface area contributed by atoms with Gasteiger partial charge in [0.1, 0.15) is 5.75 Å². The minimum absolute atomic E-state index is 0.00269. The van der Waals surface area contributed by atoms with E-state index in [2.05, 4.69) is 10.1 Å². The van der Waals surface area contributed by atoms with Crippen LogP contribution in [0.5, 0.6) is 5.75 Å². The Balaban J connectivity index is 1.64. The fraction of sp³-hybridized carbons (Fsp3) is 0.350. The van der Waals surface area contributed by atoms with Gasteiger partial charge in [0.25, 0.3) is 5.91 Å². The van der Waals surface area contributed by atoms with Gasteiger partial charge in [0.15, 0.2) is 0 Å². The van der Waals surface area contributed by atoms with Crippen molar-refractivity contribution in [3.8, 4) is 5.75 Å². The van der Waals surface area contributed by atoms with Gasteiger partial charge >= 0.3 is 6.61 Å². The van der Waals surface area contributed by atoms with E-state index in [1.165, 1.54) is 34.6 Å². The van der Waals surface area contributed by atoms with Gasteiger partial charge in [0.2, 0.25) is 10.0 Å². The number of nitrogens with one attached hydrogen (secondary N) is 1. The number of sulfonamides is 1. The van der Waals surface area contributed by atoms with Crippen LogP contribution in [0.4, 0.5) is 8.78 Å². The van der Waals surface area contributed by atoms with Crippen LogP contribution in [-0.2, 0) is 16.6 Å². The second kappa shape index (κ2) is 9.32. The Labute approximate surface area is 168 Å². The summed E-state index contributed by atoms with van der Waals surface area (Å²) < 4.78 is 56.1. The van der Waals surface area contributed by atoms with Crippen molar-refractivity contribution in [2.45, 2.75) is 37.3 Å². The predicted octanol–water partition coefficient (Wildman–Crippen LogP) is 3.39. The zero-order chi connectivity index (χ0) is 20.9. The van der Waals surface area contributed by atoms with E-state index in [0.29, 0.717) is 18.7 Å². The van der Waals surface area contributed by atoms with Crippen molar-refractivity contribution in [2.24, 2.45) is 0 Å². The first-order chi connectivity index (χ1) is 13.9. The Hall–Kier alpha value is -2.52. The normalized spacial score (nSPS) is 15.3. The van der Waals surface area contributed by atoms with Crippen LogP contribution in [0.1, 0.15) is 35.2 Å². The first-order valence-electron chi connectivity index (χ1n) is 9.29. The van der Waals surface area contributed by atoms with Gasteiger partial charge in [-0.05, 0) is 42.7 Å². The van der Waals surface area contributed by atoms with Crippen molar-refractivity contribution < 1.29 is 26.7 Å². The van der Waals surface area contributed by atoms with Gasteiger partial charge in [-0.25, -0.2) is 8.42 Å². The van der Waals surface area contributed by atoms with E-state index in [1.54, 1.807) is 18.2 Å². The first kappa shape index (κ1) is 21.2. The summed E-state index contributed by atoms with van der Waals surface area (Å²) in [6.07, 6.45) is 2.76. The highest BCUT2D eigenvalue weighted by Gasteiger charge is 2.25. The van der Waals surface area contributed by atoms with E-state index in [-0.39, 0.29) is 22.8 Å². The third kappa shape index (κ3) is 5.30. The molecular weight excluding hydrogens is 402 g/mol. The van der Waals surface area contributed by atoms with Crippen molar-refractivity contribution in [3.05, 3.63) is 59.7 Å². The van der Waals surface area contributed by atoms with Gasteiger partial charge in [-0.15, -0.1) is 0 Å². The fourth-order valence-corrected chi connectivity index (χ4v) is 4.68. The molecule has 0 aromatic heterocycles. The molecule has 1 saturated heterocycles. The van der Waals surface area contributed by atoms with Gasteiger partial charge in [0, 0.05) is 19.6 Å². The monoisotopic (exact) mass is 424 g/mol. The number of hydrogen-bond acceptors (Lipinski definition) is 4. The summed E-state index contributed by atoms with van der Waals surface area (Å²) in [5.74, 6) is -0.769. The van der Waals surface area contributed by atoms with Crippen molar-refractivity contribution in [3.63, 3.8) is 0 Å². The number of halogens is 2. The number of para-hydroxylation sites is 1. The van der Waals surface area contributed by atoms with E-state index >= 15 is 0 Å². The summed E-state index contributed by atoms with van der Waals surface area (Å²) in [7, 11) is -3.51. The summed E-state index contributed by atoms with van der Waals surface area (Å²) in [4.78, 5) is 12.5. The van der Waals surface area contributed by atoms with Gasteiger partial charge in [0.05, 0.1) is 10.5 Å². The average Bonchev–Trinajstić information content (AvgIpc) is 2.73. The molecule has 156 valence electrons. The lowest BCUT2D eigenvalue weighted by Crippen LogP contribution is -2.35. The highest BCUT2D eigenvalue weighted by molar-refractivity contribution is 7.89. The molecule has 6 nitrogen and oxygen atoms in total. The molecule has 0 radical (unpaired) electrons. The molecule has 9 heteroatoms. The predicted molar refractivity (Wildman–Crippen MR) is 103 cm³/mol. The molecule has 0 atom stereocenters. The SMILES string of the molecule is O=C(NCc1ccc(S(=O)(=O)N2CCCCC2)cc1)c1ccccc1OC(F)F. The van der Waals surface area contributed by atoms with Gasteiger partial charge in [-0.1, -0.05) is 30.7 Å². The number of hydrogen-bond donors (Lipinski definition) is 1.